The van der Waals surface area contributed by atoms with Crippen molar-refractivity contribution in [3.8, 4) is 0 Å². The van der Waals surface area contributed by atoms with Crippen LogP contribution in [-0.4, -0.2) is 23.1 Å². The van der Waals surface area contributed by atoms with Crippen molar-refractivity contribution in [2.45, 2.75) is 50.6 Å². The van der Waals surface area contributed by atoms with Gasteiger partial charge in [0.1, 0.15) is 12.2 Å². The first-order valence-electron chi connectivity index (χ1n) is 9.96. The number of hydrogen-bond acceptors (Lipinski definition) is 2. The molecule has 4 atom stereocenters. The average Bonchev–Trinajstić information content (AvgIpc) is 2.74. The highest BCUT2D eigenvalue weighted by Gasteiger charge is 2.48. The zero-order chi connectivity index (χ0) is 21.7. The second kappa shape index (κ2) is 10.1. The van der Waals surface area contributed by atoms with Crippen LogP contribution in [0, 0.1) is 6.57 Å². The molecule has 0 saturated carbocycles. The topological polar surface area (TPSA) is 33.9 Å². The molecular weight excluding hydrogens is 419 g/mol. The molecule has 3 rings (SSSR count). The number of morpholine rings is 1. The van der Waals surface area contributed by atoms with Gasteiger partial charge in [0.15, 0.2) is 0 Å². The van der Waals surface area contributed by atoms with E-state index in [0.717, 1.165) is 17.5 Å². The molecule has 0 bridgehead atoms. The van der Waals surface area contributed by atoms with Crippen molar-refractivity contribution in [2.24, 2.45) is 0 Å². The molecule has 1 amide bonds. The van der Waals surface area contributed by atoms with Gasteiger partial charge in [-0.2, -0.15) is 0 Å². The van der Waals surface area contributed by atoms with Crippen molar-refractivity contribution in [1.82, 2.24) is 4.90 Å². The van der Waals surface area contributed by atoms with Crippen LogP contribution >= 0.6 is 23.2 Å². The fourth-order valence-corrected chi connectivity index (χ4v) is 4.19. The summed E-state index contributed by atoms with van der Waals surface area (Å²) in [7, 11) is 0. The molecule has 2 aromatic carbocycles. The summed E-state index contributed by atoms with van der Waals surface area (Å²) in [5.74, 6) is -0.192. The van der Waals surface area contributed by atoms with Crippen molar-refractivity contribution in [3.05, 3.63) is 93.8 Å². The van der Waals surface area contributed by atoms with Gasteiger partial charge in [-0.25, -0.2) is 6.57 Å². The number of carbonyl (C=O) groups is 1. The smallest absolute Gasteiger partial charge is 0.301 e. The van der Waals surface area contributed by atoms with Gasteiger partial charge in [0.25, 0.3) is 5.91 Å². The quantitative estimate of drug-likeness (QED) is 0.356. The molecule has 0 radical (unpaired) electrons. The van der Waals surface area contributed by atoms with Gasteiger partial charge in [-0.1, -0.05) is 60.5 Å². The Hall–Kier alpha value is -2.32. The Labute approximate surface area is 187 Å². The van der Waals surface area contributed by atoms with Crippen molar-refractivity contribution in [3.63, 3.8) is 0 Å². The van der Waals surface area contributed by atoms with Crippen LogP contribution in [0.2, 0.25) is 10.0 Å². The Morgan fingerprint density at radius 1 is 1.20 bits per heavy atom. The SMILES string of the molecule is [C-]#[N+][C@@H](CCC)N1C(=O)[C@H](CC=C)O[C@@H](c2cccc(Cl)c2)[C@H]1c1ccc(Cl)cc1. The highest BCUT2D eigenvalue weighted by atomic mass is 35.5. The molecule has 1 aliphatic heterocycles. The van der Waals surface area contributed by atoms with Gasteiger partial charge >= 0.3 is 6.17 Å². The number of amides is 1. The van der Waals surface area contributed by atoms with E-state index in [9.17, 15) is 4.79 Å². The zero-order valence-electron chi connectivity index (χ0n) is 16.8. The molecule has 1 saturated heterocycles. The molecule has 0 aliphatic carbocycles. The number of rotatable bonds is 7. The van der Waals surface area contributed by atoms with Gasteiger partial charge in [0, 0.05) is 22.9 Å². The maximum Gasteiger partial charge on any atom is 0.301 e. The predicted molar refractivity (Wildman–Crippen MR) is 120 cm³/mol. The fourth-order valence-electron chi connectivity index (χ4n) is 3.86. The number of ether oxygens (including phenoxy) is 1. The first-order chi connectivity index (χ1) is 14.5. The molecule has 0 unspecified atom stereocenters. The fraction of sp³-hybridized carbons (Fsp3) is 0.333. The van der Waals surface area contributed by atoms with Crippen LogP contribution < -0.4 is 0 Å². The standard InChI is InChI=1S/C24H24Cl2N2O2/c1-4-7-20-24(29)28(21(27-3)8-5-2)22(16-11-13-18(25)14-12-16)23(30-20)17-9-6-10-19(26)15-17/h4,6,9-15,20-23H,1,5,7-8H2,2H3/t20-,21+,22+,23-/m0/s1. The maximum absolute atomic E-state index is 13.4. The molecule has 4 nitrogen and oxygen atoms in total. The highest BCUT2D eigenvalue weighted by Crippen LogP contribution is 2.44. The van der Waals surface area contributed by atoms with E-state index in [-0.39, 0.29) is 5.91 Å². The predicted octanol–water partition coefficient (Wildman–Crippen LogP) is 6.62. The van der Waals surface area contributed by atoms with Crippen molar-refractivity contribution >= 4 is 29.1 Å². The lowest BCUT2D eigenvalue weighted by Crippen LogP contribution is -2.53. The van der Waals surface area contributed by atoms with Crippen LogP contribution in [0.3, 0.4) is 0 Å². The lowest BCUT2D eigenvalue weighted by molar-refractivity contribution is -0.177. The first-order valence-corrected chi connectivity index (χ1v) is 10.7. The Morgan fingerprint density at radius 2 is 1.93 bits per heavy atom. The number of nitrogens with zero attached hydrogens (tertiary/aromatic N) is 2. The molecule has 156 valence electrons. The lowest BCUT2D eigenvalue weighted by Gasteiger charge is -2.44. The van der Waals surface area contributed by atoms with E-state index in [1.165, 1.54) is 0 Å². The van der Waals surface area contributed by atoms with Crippen LogP contribution in [0.15, 0.2) is 61.2 Å². The van der Waals surface area contributed by atoms with Crippen LogP contribution in [0.5, 0.6) is 0 Å². The summed E-state index contributed by atoms with van der Waals surface area (Å²) in [5, 5.41) is 1.19. The molecule has 0 N–H and O–H groups in total. The third kappa shape index (κ3) is 4.70. The van der Waals surface area contributed by atoms with Crippen LogP contribution in [0.25, 0.3) is 4.85 Å². The molecule has 30 heavy (non-hydrogen) atoms. The minimum absolute atomic E-state index is 0.192. The molecule has 0 aromatic heterocycles. The summed E-state index contributed by atoms with van der Waals surface area (Å²) < 4.78 is 6.32. The molecule has 6 heteroatoms. The third-order valence-corrected chi connectivity index (χ3v) is 5.70. The maximum atomic E-state index is 13.4. The normalized spacial score (nSPS) is 22.4. The molecule has 2 aromatic rings. The molecule has 1 fully saturated rings. The summed E-state index contributed by atoms with van der Waals surface area (Å²) in [5.41, 5.74) is 1.72. The Kier molecular flexibility index (Phi) is 7.55. The van der Waals surface area contributed by atoms with Gasteiger partial charge in [0.2, 0.25) is 0 Å². The molecule has 1 heterocycles. The highest BCUT2D eigenvalue weighted by molar-refractivity contribution is 6.30. The zero-order valence-corrected chi connectivity index (χ0v) is 18.3. The Morgan fingerprint density at radius 3 is 2.53 bits per heavy atom. The van der Waals surface area contributed by atoms with E-state index in [1.54, 1.807) is 29.2 Å². The van der Waals surface area contributed by atoms with Crippen molar-refractivity contribution in [2.75, 3.05) is 0 Å². The average molecular weight is 443 g/mol. The van der Waals surface area contributed by atoms with Gasteiger partial charge in [-0.05, 0) is 41.8 Å². The number of halogens is 2. The Bertz CT molecular complexity index is 939. The van der Waals surface area contributed by atoms with Gasteiger partial charge in [0.05, 0.1) is 6.04 Å². The van der Waals surface area contributed by atoms with Gasteiger partial charge in [-0.3, -0.25) is 14.5 Å². The first kappa shape index (κ1) is 22.4. The molecule has 0 spiro atoms. The van der Waals surface area contributed by atoms with E-state index >= 15 is 0 Å². The van der Waals surface area contributed by atoms with Crippen LogP contribution in [0.4, 0.5) is 0 Å². The van der Waals surface area contributed by atoms with Crippen molar-refractivity contribution < 1.29 is 9.53 Å². The summed E-state index contributed by atoms with van der Waals surface area (Å²) in [4.78, 5) is 18.9. The van der Waals surface area contributed by atoms with E-state index < -0.39 is 24.4 Å². The lowest BCUT2D eigenvalue weighted by atomic mass is 9.90. The number of carbonyl (C=O) groups excluding carboxylic acids is 1. The second-order valence-corrected chi connectivity index (χ2v) is 8.14. The number of hydrogen-bond donors (Lipinski definition) is 0. The Balaban J connectivity index is 2.17. The monoisotopic (exact) mass is 442 g/mol. The van der Waals surface area contributed by atoms with Gasteiger partial charge < -0.3 is 4.74 Å². The van der Waals surface area contributed by atoms with E-state index in [2.05, 4.69) is 11.4 Å². The molecular formula is C24H24Cl2N2O2. The van der Waals surface area contributed by atoms with Crippen LogP contribution in [-0.2, 0) is 9.53 Å². The third-order valence-electron chi connectivity index (χ3n) is 5.21. The molecule has 1 aliphatic rings. The van der Waals surface area contributed by atoms with Gasteiger partial charge in [-0.15, -0.1) is 6.58 Å². The summed E-state index contributed by atoms with van der Waals surface area (Å²) in [6, 6.07) is 14.3. The minimum Gasteiger partial charge on any atom is -0.358 e. The van der Waals surface area contributed by atoms with E-state index in [1.807, 2.05) is 37.3 Å². The van der Waals surface area contributed by atoms with E-state index in [4.69, 9.17) is 34.5 Å². The summed E-state index contributed by atoms with van der Waals surface area (Å²) >= 11 is 12.4. The van der Waals surface area contributed by atoms with Crippen molar-refractivity contribution in [1.29, 1.82) is 0 Å². The van der Waals surface area contributed by atoms with E-state index in [0.29, 0.717) is 22.9 Å². The van der Waals surface area contributed by atoms with Crippen LogP contribution in [0.1, 0.15) is 49.5 Å². The number of benzene rings is 2. The summed E-state index contributed by atoms with van der Waals surface area (Å²) in [6.07, 6.45) is 1.66. The minimum atomic E-state index is -0.698. The largest absolute Gasteiger partial charge is 0.358 e. The second-order valence-electron chi connectivity index (χ2n) is 7.26. The summed E-state index contributed by atoms with van der Waals surface area (Å²) in [6.45, 7) is 13.6.